The number of alkyl halides is 3. The van der Waals surface area contributed by atoms with Crippen LogP contribution in [0.2, 0.25) is 0 Å². The van der Waals surface area contributed by atoms with Gasteiger partial charge in [-0.2, -0.15) is 13.2 Å². The summed E-state index contributed by atoms with van der Waals surface area (Å²) in [6.45, 7) is 1.84. The Balaban J connectivity index is 2.70. The summed E-state index contributed by atoms with van der Waals surface area (Å²) < 4.78 is 36.5. The first-order valence-corrected chi connectivity index (χ1v) is 5.45. The number of benzene rings is 1. The van der Waals surface area contributed by atoms with E-state index in [1.165, 1.54) is 0 Å². The Morgan fingerprint density at radius 3 is 2.50 bits per heavy atom. The monoisotopic (exact) mass is 294 g/mol. The fourth-order valence-electron chi connectivity index (χ4n) is 1.17. The van der Waals surface area contributed by atoms with Crippen molar-refractivity contribution < 1.29 is 18.0 Å². The Morgan fingerprint density at radius 1 is 1.38 bits per heavy atom. The number of carbonyl (C=O) groups excluding carboxylic acids is 1. The van der Waals surface area contributed by atoms with Crippen molar-refractivity contribution in [3.05, 3.63) is 33.8 Å². The van der Waals surface area contributed by atoms with Gasteiger partial charge >= 0.3 is 6.18 Å². The highest BCUT2D eigenvalue weighted by atomic mass is 79.9. The molecule has 1 aromatic carbocycles. The zero-order chi connectivity index (χ0) is 12.3. The van der Waals surface area contributed by atoms with Gasteiger partial charge in [-0.15, -0.1) is 0 Å². The Kier molecular flexibility index (Phi) is 4.13. The average molecular weight is 295 g/mol. The van der Waals surface area contributed by atoms with Crippen LogP contribution in [0.3, 0.4) is 0 Å². The molecular formula is C11H10BrF3O. The van der Waals surface area contributed by atoms with E-state index in [9.17, 15) is 18.0 Å². The molecule has 0 heterocycles. The zero-order valence-electron chi connectivity index (χ0n) is 8.57. The fraction of sp³-hybridized carbons (Fsp3) is 0.364. The molecule has 0 bridgehead atoms. The summed E-state index contributed by atoms with van der Waals surface area (Å²) in [5.41, 5.74) is 1.24. The van der Waals surface area contributed by atoms with Gasteiger partial charge in [-0.05, 0) is 18.6 Å². The van der Waals surface area contributed by atoms with Crippen molar-refractivity contribution in [1.82, 2.24) is 0 Å². The van der Waals surface area contributed by atoms with Crippen LogP contribution in [0.5, 0.6) is 0 Å². The van der Waals surface area contributed by atoms with E-state index in [1.807, 2.05) is 6.92 Å². The van der Waals surface area contributed by atoms with Crippen LogP contribution in [-0.2, 0) is 0 Å². The lowest BCUT2D eigenvalue weighted by atomic mass is 10.1. The molecule has 0 unspecified atom stereocenters. The van der Waals surface area contributed by atoms with Gasteiger partial charge in [0.05, 0.1) is 6.42 Å². The summed E-state index contributed by atoms with van der Waals surface area (Å²) in [7, 11) is 0. The van der Waals surface area contributed by atoms with Crippen LogP contribution in [-0.4, -0.2) is 12.0 Å². The SMILES string of the molecule is Cc1ccc(C(=O)CCC(F)(F)F)cc1Br. The molecule has 0 saturated heterocycles. The first-order chi connectivity index (χ1) is 7.29. The van der Waals surface area contributed by atoms with Crippen molar-refractivity contribution in [2.24, 2.45) is 0 Å². The molecule has 0 amide bonds. The highest BCUT2D eigenvalue weighted by Crippen LogP contribution is 2.24. The summed E-state index contributed by atoms with van der Waals surface area (Å²) in [6.07, 6.45) is -5.85. The number of rotatable bonds is 3. The second kappa shape index (κ2) is 4.99. The lowest BCUT2D eigenvalue weighted by molar-refractivity contribution is -0.133. The molecule has 1 rings (SSSR count). The molecule has 0 radical (unpaired) electrons. The maximum absolute atomic E-state index is 11.9. The number of carbonyl (C=O) groups is 1. The van der Waals surface area contributed by atoms with Crippen LogP contribution >= 0.6 is 15.9 Å². The molecule has 1 aromatic rings. The molecular weight excluding hydrogens is 285 g/mol. The fourth-order valence-corrected chi connectivity index (χ4v) is 1.54. The van der Waals surface area contributed by atoms with Gasteiger partial charge in [0.25, 0.3) is 0 Å². The lowest BCUT2D eigenvalue weighted by Gasteiger charge is -2.06. The van der Waals surface area contributed by atoms with Crippen molar-refractivity contribution in [2.75, 3.05) is 0 Å². The number of ketones is 1. The van der Waals surface area contributed by atoms with Gasteiger partial charge < -0.3 is 0 Å². The predicted octanol–water partition coefficient (Wildman–Crippen LogP) is 4.28. The van der Waals surface area contributed by atoms with Gasteiger partial charge in [-0.3, -0.25) is 4.79 Å². The van der Waals surface area contributed by atoms with Crippen LogP contribution in [0.4, 0.5) is 13.2 Å². The third-order valence-electron chi connectivity index (χ3n) is 2.13. The van der Waals surface area contributed by atoms with Crippen LogP contribution < -0.4 is 0 Å². The maximum atomic E-state index is 11.9. The van der Waals surface area contributed by atoms with Gasteiger partial charge in [0, 0.05) is 16.5 Å². The summed E-state index contributed by atoms with van der Waals surface area (Å²) in [5, 5.41) is 0. The van der Waals surface area contributed by atoms with E-state index in [0.717, 1.165) is 10.0 Å². The Morgan fingerprint density at radius 2 is 2.00 bits per heavy atom. The van der Waals surface area contributed by atoms with Crippen molar-refractivity contribution >= 4 is 21.7 Å². The molecule has 16 heavy (non-hydrogen) atoms. The Labute approximate surface area is 99.8 Å². The van der Waals surface area contributed by atoms with E-state index in [2.05, 4.69) is 15.9 Å². The molecule has 0 spiro atoms. The summed E-state index contributed by atoms with van der Waals surface area (Å²) in [5.74, 6) is -0.488. The van der Waals surface area contributed by atoms with E-state index in [0.29, 0.717) is 5.56 Å². The third-order valence-corrected chi connectivity index (χ3v) is 2.98. The molecule has 0 aliphatic rings. The topological polar surface area (TPSA) is 17.1 Å². The summed E-state index contributed by atoms with van der Waals surface area (Å²) >= 11 is 3.23. The molecule has 0 aromatic heterocycles. The van der Waals surface area contributed by atoms with Gasteiger partial charge in [-0.1, -0.05) is 28.1 Å². The van der Waals surface area contributed by atoms with Crippen molar-refractivity contribution in [3.63, 3.8) is 0 Å². The smallest absolute Gasteiger partial charge is 0.294 e. The number of halogens is 4. The Hall–Kier alpha value is -0.840. The summed E-state index contributed by atoms with van der Waals surface area (Å²) in [6, 6.07) is 4.79. The zero-order valence-corrected chi connectivity index (χ0v) is 10.2. The second-order valence-corrected chi connectivity index (χ2v) is 4.36. The number of aryl methyl sites for hydroxylation is 1. The van der Waals surface area contributed by atoms with Crippen molar-refractivity contribution in [2.45, 2.75) is 25.9 Å². The van der Waals surface area contributed by atoms with E-state index in [-0.39, 0.29) is 0 Å². The second-order valence-electron chi connectivity index (χ2n) is 3.50. The van der Waals surface area contributed by atoms with Gasteiger partial charge in [-0.25, -0.2) is 0 Å². The highest BCUT2D eigenvalue weighted by Gasteiger charge is 2.28. The first kappa shape index (κ1) is 13.2. The largest absolute Gasteiger partial charge is 0.389 e. The quantitative estimate of drug-likeness (QED) is 0.761. The van der Waals surface area contributed by atoms with Crippen LogP contribution in [0.15, 0.2) is 22.7 Å². The van der Waals surface area contributed by atoms with E-state index < -0.39 is 24.8 Å². The molecule has 0 aliphatic carbocycles. The molecule has 0 fully saturated rings. The van der Waals surface area contributed by atoms with Crippen LogP contribution in [0, 0.1) is 6.92 Å². The van der Waals surface area contributed by atoms with Crippen LogP contribution in [0.1, 0.15) is 28.8 Å². The summed E-state index contributed by atoms with van der Waals surface area (Å²) in [4.78, 5) is 11.4. The molecule has 0 N–H and O–H groups in total. The maximum Gasteiger partial charge on any atom is 0.389 e. The van der Waals surface area contributed by atoms with E-state index in [4.69, 9.17) is 0 Å². The Bertz CT molecular complexity index is 399. The standard InChI is InChI=1S/C11H10BrF3O/c1-7-2-3-8(6-9(7)12)10(16)4-5-11(13,14)15/h2-3,6H,4-5H2,1H3. The normalized spacial score (nSPS) is 11.6. The minimum atomic E-state index is -4.28. The minimum absolute atomic E-state index is 0.307. The molecule has 0 aliphatic heterocycles. The van der Waals surface area contributed by atoms with Gasteiger partial charge in [0.2, 0.25) is 0 Å². The van der Waals surface area contributed by atoms with Crippen molar-refractivity contribution in [1.29, 1.82) is 0 Å². The molecule has 0 saturated carbocycles. The molecule has 0 atom stereocenters. The molecule has 88 valence electrons. The van der Waals surface area contributed by atoms with Crippen molar-refractivity contribution in [3.8, 4) is 0 Å². The van der Waals surface area contributed by atoms with Crippen LogP contribution in [0.25, 0.3) is 0 Å². The number of Topliss-reactive ketones (excluding diaryl/α,β-unsaturated/α-hetero) is 1. The van der Waals surface area contributed by atoms with Gasteiger partial charge in [0.15, 0.2) is 5.78 Å². The van der Waals surface area contributed by atoms with E-state index >= 15 is 0 Å². The van der Waals surface area contributed by atoms with Gasteiger partial charge in [0.1, 0.15) is 0 Å². The number of hydrogen-bond donors (Lipinski definition) is 0. The van der Waals surface area contributed by atoms with E-state index in [1.54, 1.807) is 18.2 Å². The molecule has 1 nitrogen and oxygen atoms in total. The average Bonchev–Trinajstić information content (AvgIpc) is 2.17. The third kappa shape index (κ3) is 3.96. The highest BCUT2D eigenvalue weighted by molar-refractivity contribution is 9.10. The minimum Gasteiger partial charge on any atom is -0.294 e. The predicted molar refractivity (Wildman–Crippen MR) is 58.5 cm³/mol. The number of hydrogen-bond acceptors (Lipinski definition) is 1. The lowest BCUT2D eigenvalue weighted by Crippen LogP contribution is -2.11. The molecule has 5 heteroatoms. The first-order valence-electron chi connectivity index (χ1n) is 4.66.